The van der Waals surface area contributed by atoms with Crippen LogP contribution in [0.15, 0.2) is 54.6 Å². The van der Waals surface area contributed by atoms with Gasteiger partial charge in [-0.25, -0.2) is 0 Å². The van der Waals surface area contributed by atoms with E-state index >= 15 is 0 Å². The molecule has 0 spiro atoms. The van der Waals surface area contributed by atoms with Gasteiger partial charge < -0.3 is 10.2 Å². The van der Waals surface area contributed by atoms with E-state index in [-0.39, 0.29) is 17.7 Å². The van der Waals surface area contributed by atoms with Crippen LogP contribution in [0.4, 0.5) is 0 Å². The van der Waals surface area contributed by atoms with E-state index in [0.717, 1.165) is 30.5 Å². The zero-order valence-corrected chi connectivity index (χ0v) is 16.1. The smallest absolute Gasteiger partial charge is 0.222 e. The van der Waals surface area contributed by atoms with Crippen LogP contribution < -0.4 is 5.32 Å². The number of carbonyl (C=O) groups excluding carboxylic acids is 2. The molecular weight excluding hydrogens is 360 g/mol. The zero-order valence-electron chi connectivity index (χ0n) is 15.4. The Morgan fingerprint density at radius 2 is 1.74 bits per heavy atom. The quantitative estimate of drug-likeness (QED) is 0.784. The van der Waals surface area contributed by atoms with Crippen LogP contribution in [0, 0.1) is 0 Å². The summed E-state index contributed by atoms with van der Waals surface area (Å²) in [5.41, 5.74) is 2.16. The fourth-order valence-electron chi connectivity index (χ4n) is 3.49. The Kier molecular flexibility index (Phi) is 6.88. The standard InChI is InChI=1S/C22H25ClN2O2/c23-19-11-9-18(10-12-19)20(17-6-2-1-3-7-17)16-21(26)24-13-15-25-14-5-4-8-22(25)27/h1-3,6-7,9-12,20H,4-5,8,13-16H2,(H,24,26)/t20-/m1/s1. The molecule has 27 heavy (non-hydrogen) atoms. The molecule has 1 aliphatic heterocycles. The van der Waals surface area contributed by atoms with Crippen LogP contribution in [-0.4, -0.2) is 36.3 Å². The van der Waals surface area contributed by atoms with Crippen molar-refractivity contribution in [2.45, 2.75) is 31.6 Å². The summed E-state index contributed by atoms with van der Waals surface area (Å²) in [6, 6.07) is 17.7. The molecule has 1 aliphatic rings. The van der Waals surface area contributed by atoms with Crippen molar-refractivity contribution in [2.24, 2.45) is 0 Å². The number of nitrogens with one attached hydrogen (secondary N) is 1. The number of hydrogen-bond acceptors (Lipinski definition) is 2. The molecule has 2 aromatic rings. The summed E-state index contributed by atoms with van der Waals surface area (Å²) in [7, 11) is 0. The third-order valence-corrected chi connectivity index (χ3v) is 5.24. The third kappa shape index (κ3) is 5.57. The van der Waals surface area contributed by atoms with E-state index in [0.29, 0.717) is 31.0 Å². The van der Waals surface area contributed by atoms with Gasteiger partial charge in [0, 0.05) is 43.4 Å². The molecule has 0 aromatic heterocycles. The van der Waals surface area contributed by atoms with E-state index in [1.54, 1.807) is 0 Å². The second-order valence-electron chi connectivity index (χ2n) is 6.91. The van der Waals surface area contributed by atoms with Crippen LogP contribution in [0.5, 0.6) is 0 Å². The molecule has 0 saturated carbocycles. The number of rotatable bonds is 7. The molecule has 0 bridgehead atoms. The Morgan fingerprint density at radius 3 is 2.44 bits per heavy atom. The van der Waals surface area contributed by atoms with Gasteiger partial charge in [-0.1, -0.05) is 54.1 Å². The molecule has 1 fully saturated rings. The fraction of sp³-hybridized carbons (Fsp3) is 0.364. The zero-order chi connectivity index (χ0) is 19.1. The minimum absolute atomic E-state index is 0.0109. The predicted octanol–water partition coefficient (Wildman–Crippen LogP) is 3.99. The van der Waals surface area contributed by atoms with Crippen LogP contribution in [0.1, 0.15) is 42.7 Å². The van der Waals surface area contributed by atoms with Gasteiger partial charge in [-0.3, -0.25) is 9.59 Å². The van der Waals surface area contributed by atoms with E-state index in [1.165, 1.54) is 0 Å². The van der Waals surface area contributed by atoms with Gasteiger partial charge in [0.1, 0.15) is 0 Å². The lowest BCUT2D eigenvalue weighted by Gasteiger charge is -2.26. The van der Waals surface area contributed by atoms with Crippen LogP contribution in [0.25, 0.3) is 0 Å². The number of carbonyl (C=O) groups is 2. The predicted molar refractivity (Wildman–Crippen MR) is 108 cm³/mol. The molecule has 5 heteroatoms. The molecule has 4 nitrogen and oxygen atoms in total. The van der Waals surface area contributed by atoms with Gasteiger partial charge in [-0.05, 0) is 36.1 Å². The van der Waals surface area contributed by atoms with E-state index in [1.807, 2.05) is 59.5 Å². The lowest BCUT2D eigenvalue weighted by molar-refractivity contribution is -0.133. The summed E-state index contributed by atoms with van der Waals surface area (Å²) >= 11 is 6.01. The first-order chi connectivity index (χ1) is 13.1. The summed E-state index contributed by atoms with van der Waals surface area (Å²) in [6.07, 6.45) is 3.01. The second kappa shape index (κ2) is 9.56. The molecule has 1 heterocycles. The first-order valence-corrected chi connectivity index (χ1v) is 9.86. The highest BCUT2D eigenvalue weighted by molar-refractivity contribution is 6.30. The summed E-state index contributed by atoms with van der Waals surface area (Å²) in [5.74, 6) is 0.155. The summed E-state index contributed by atoms with van der Waals surface area (Å²) < 4.78 is 0. The lowest BCUT2D eigenvalue weighted by atomic mass is 9.88. The van der Waals surface area contributed by atoms with Crippen LogP contribution in [0.2, 0.25) is 5.02 Å². The summed E-state index contributed by atoms with van der Waals surface area (Å²) in [5, 5.41) is 3.65. The Balaban J connectivity index is 1.60. The molecule has 1 atom stereocenters. The van der Waals surface area contributed by atoms with Gasteiger partial charge in [0.15, 0.2) is 0 Å². The van der Waals surface area contributed by atoms with E-state index in [4.69, 9.17) is 11.6 Å². The van der Waals surface area contributed by atoms with Crippen LogP contribution >= 0.6 is 11.6 Å². The highest BCUT2D eigenvalue weighted by Gasteiger charge is 2.20. The van der Waals surface area contributed by atoms with Crippen LogP contribution in [0.3, 0.4) is 0 Å². The molecule has 0 aliphatic carbocycles. The van der Waals surface area contributed by atoms with E-state index < -0.39 is 0 Å². The topological polar surface area (TPSA) is 49.4 Å². The SMILES string of the molecule is O=C(C[C@H](c1ccccc1)c1ccc(Cl)cc1)NCCN1CCCCC1=O. The second-order valence-corrected chi connectivity index (χ2v) is 7.34. The van der Waals surface area contributed by atoms with Gasteiger partial charge in [-0.2, -0.15) is 0 Å². The maximum absolute atomic E-state index is 12.5. The molecule has 1 saturated heterocycles. The molecule has 0 unspecified atom stereocenters. The number of halogens is 1. The highest BCUT2D eigenvalue weighted by atomic mass is 35.5. The van der Waals surface area contributed by atoms with E-state index in [2.05, 4.69) is 5.32 Å². The first-order valence-electron chi connectivity index (χ1n) is 9.48. The van der Waals surface area contributed by atoms with Crippen molar-refractivity contribution in [2.75, 3.05) is 19.6 Å². The highest BCUT2D eigenvalue weighted by Crippen LogP contribution is 2.28. The Morgan fingerprint density at radius 1 is 1.04 bits per heavy atom. The maximum atomic E-state index is 12.5. The lowest BCUT2D eigenvalue weighted by Crippen LogP contribution is -2.41. The van der Waals surface area contributed by atoms with Crippen molar-refractivity contribution in [3.8, 4) is 0 Å². The summed E-state index contributed by atoms with van der Waals surface area (Å²) in [6.45, 7) is 1.88. The Hall–Kier alpha value is -2.33. The molecule has 2 amide bonds. The van der Waals surface area contributed by atoms with Crippen molar-refractivity contribution in [1.29, 1.82) is 0 Å². The first kappa shape index (κ1) is 19.4. The van der Waals surface area contributed by atoms with Gasteiger partial charge in [-0.15, -0.1) is 0 Å². The molecule has 2 aromatic carbocycles. The molecular formula is C22H25ClN2O2. The molecule has 142 valence electrons. The number of amides is 2. The fourth-order valence-corrected chi connectivity index (χ4v) is 3.62. The Bertz CT molecular complexity index is 762. The average molecular weight is 385 g/mol. The largest absolute Gasteiger partial charge is 0.354 e. The molecule has 3 rings (SSSR count). The normalized spacial score (nSPS) is 15.4. The van der Waals surface area contributed by atoms with E-state index in [9.17, 15) is 9.59 Å². The molecule has 0 radical (unpaired) electrons. The van der Waals surface area contributed by atoms with Crippen molar-refractivity contribution in [3.05, 3.63) is 70.7 Å². The number of nitrogens with zero attached hydrogens (tertiary/aromatic N) is 1. The van der Waals surface area contributed by atoms with Gasteiger partial charge in [0.2, 0.25) is 11.8 Å². The van der Waals surface area contributed by atoms with Crippen molar-refractivity contribution >= 4 is 23.4 Å². The maximum Gasteiger partial charge on any atom is 0.222 e. The number of benzene rings is 2. The average Bonchev–Trinajstić information content (AvgIpc) is 2.69. The summed E-state index contributed by atoms with van der Waals surface area (Å²) in [4.78, 5) is 26.2. The van der Waals surface area contributed by atoms with Gasteiger partial charge in [0.25, 0.3) is 0 Å². The number of likely N-dealkylation sites (tertiary alicyclic amines) is 1. The van der Waals surface area contributed by atoms with Gasteiger partial charge in [0.05, 0.1) is 0 Å². The molecule has 1 N–H and O–H groups in total. The number of hydrogen-bond donors (Lipinski definition) is 1. The monoisotopic (exact) mass is 384 g/mol. The number of piperidine rings is 1. The van der Waals surface area contributed by atoms with Crippen LogP contribution in [-0.2, 0) is 9.59 Å². The third-order valence-electron chi connectivity index (χ3n) is 4.99. The Labute approximate surface area is 165 Å². The van der Waals surface area contributed by atoms with Crippen molar-refractivity contribution in [3.63, 3.8) is 0 Å². The van der Waals surface area contributed by atoms with Gasteiger partial charge >= 0.3 is 0 Å². The minimum Gasteiger partial charge on any atom is -0.354 e. The minimum atomic E-state index is -0.0277. The van der Waals surface area contributed by atoms with Crippen molar-refractivity contribution < 1.29 is 9.59 Å². The van der Waals surface area contributed by atoms with Crippen molar-refractivity contribution in [1.82, 2.24) is 10.2 Å².